The Kier molecular flexibility index (Phi) is 3.78. The molecule has 0 radical (unpaired) electrons. The number of nitrogens with one attached hydrogen (secondary N) is 1. The molecule has 0 unspecified atom stereocenters. The van der Waals surface area contributed by atoms with Crippen LogP contribution in [0.15, 0.2) is 16.6 Å². The molecular weight excluding hydrogens is 332 g/mol. The molecule has 1 saturated carbocycles. The van der Waals surface area contributed by atoms with Crippen molar-refractivity contribution in [2.75, 3.05) is 17.3 Å². The third-order valence-corrected chi connectivity index (χ3v) is 5.33. The molecule has 21 heavy (non-hydrogen) atoms. The number of nitrogens with zero attached hydrogens (tertiary/aromatic N) is 1. The van der Waals surface area contributed by atoms with Gasteiger partial charge in [0.1, 0.15) is 0 Å². The predicted octanol–water partition coefficient (Wildman–Crippen LogP) is 3.60. The Hall–Kier alpha value is -1.36. The lowest BCUT2D eigenvalue weighted by Crippen LogP contribution is -2.35. The lowest BCUT2D eigenvalue weighted by Gasteiger charge is -2.35. The molecule has 1 aromatic carbocycles. The van der Waals surface area contributed by atoms with Crippen LogP contribution in [0, 0.1) is 5.92 Å². The van der Waals surface area contributed by atoms with E-state index in [2.05, 4.69) is 40.1 Å². The number of hydrogen-bond donors (Lipinski definition) is 1. The second-order valence-corrected chi connectivity index (χ2v) is 7.01. The SMILES string of the molecule is CC1CCC(N(C)c2cc3c(cc2Br)C(=O)C(=O)N3)CC1. The third kappa shape index (κ3) is 2.59. The second kappa shape index (κ2) is 5.44. The average Bonchev–Trinajstić information content (AvgIpc) is 2.73. The van der Waals surface area contributed by atoms with E-state index in [1.54, 1.807) is 6.07 Å². The first-order valence-corrected chi connectivity index (χ1v) is 8.18. The monoisotopic (exact) mass is 350 g/mol. The summed E-state index contributed by atoms with van der Waals surface area (Å²) in [5.74, 6) is -0.176. The van der Waals surface area contributed by atoms with Gasteiger partial charge in [0.2, 0.25) is 0 Å². The van der Waals surface area contributed by atoms with Gasteiger partial charge in [-0.2, -0.15) is 0 Å². The molecule has 1 aliphatic heterocycles. The van der Waals surface area contributed by atoms with Crippen LogP contribution >= 0.6 is 15.9 Å². The van der Waals surface area contributed by atoms with Crippen LogP contribution in [-0.2, 0) is 4.79 Å². The zero-order valence-electron chi connectivity index (χ0n) is 12.3. The van der Waals surface area contributed by atoms with Crippen LogP contribution in [-0.4, -0.2) is 24.8 Å². The molecule has 3 rings (SSSR count). The summed E-state index contributed by atoms with van der Waals surface area (Å²) in [6, 6.07) is 4.18. The molecule has 1 aromatic rings. The van der Waals surface area contributed by atoms with Crippen LogP contribution in [0.25, 0.3) is 0 Å². The number of ketones is 1. The number of Topliss-reactive ketones (excluding diaryl/α,β-unsaturated/α-hetero) is 1. The van der Waals surface area contributed by atoms with Crippen molar-refractivity contribution in [3.8, 4) is 0 Å². The molecule has 1 aliphatic carbocycles. The summed E-state index contributed by atoms with van der Waals surface area (Å²) in [4.78, 5) is 25.5. The maximum atomic E-state index is 11.7. The Morgan fingerprint density at radius 1 is 1.19 bits per heavy atom. The highest BCUT2D eigenvalue weighted by Crippen LogP contribution is 2.37. The molecule has 0 saturated heterocycles. The van der Waals surface area contributed by atoms with Crippen LogP contribution in [0.2, 0.25) is 0 Å². The van der Waals surface area contributed by atoms with Crippen molar-refractivity contribution < 1.29 is 9.59 Å². The highest BCUT2D eigenvalue weighted by atomic mass is 79.9. The molecule has 2 aliphatic rings. The molecule has 0 atom stereocenters. The molecule has 5 heteroatoms. The average molecular weight is 351 g/mol. The van der Waals surface area contributed by atoms with E-state index in [1.807, 2.05) is 6.07 Å². The molecule has 112 valence electrons. The van der Waals surface area contributed by atoms with Crippen molar-refractivity contribution in [2.45, 2.75) is 38.6 Å². The maximum Gasteiger partial charge on any atom is 0.296 e. The van der Waals surface area contributed by atoms with Crippen molar-refractivity contribution in [1.29, 1.82) is 0 Å². The van der Waals surface area contributed by atoms with Crippen molar-refractivity contribution in [1.82, 2.24) is 0 Å². The summed E-state index contributed by atoms with van der Waals surface area (Å²) in [6.45, 7) is 2.31. The maximum absolute atomic E-state index is 11.7. The van der Waals surface area contributed by atoms with Gasteiger partial charge in [0.05, 0.1) is 16.9 Å². The lowest BCUT2D eigenvalue weighted by molar-refractivity contribution is -0.112. The van der Waals surface area contributed by atoms with E-state index in [1.165, 1.54) is 25.7 Å². The lowest BCUT2D eigenvalue weighted by atomic mass is 9.86. The van der Waals surface area contributed by atoms with Crippen molar-refractivity contribution in [3.63, 3.8) is 0 Å². The van der Waals surface area contributed by atoms with E-state index in [-0.39, 0.29) is 0 Å². The normalized spacial score (nSPS) is 24.7. The third-order valence-electron chi connectivity index (χ3n) is 4.70. The minimum Gasteiger partial charge on any atom is -0.371 e. The first-order chi connectivity index (χ1) is 9.97. The number of halogens is 1. The number of hydrogen-bond acceptors (Lipinski definition) is 3. The van der Waals surface area contributed by atoms with Gasteiger partial charge < -0.3 is 10.2 Å². The summed E-state index contributed by atoms with van der Waals surface area (Å²) in [5, 5.41) is 2.64. The molecule has 1 N–H and O–H groups in total. The van der Waals surface area contributed by atoms with Crippen LogP contribution in [0.1, 0.15) is 43.0 Å². The van der Waals surface area contributed by atoms with E-state index in [0.717, 1.165) is 16.1 Å². The largest absolute Gasteiger partial charge is 0.371 e. The Bertz CT molecular complexity index is 607. The number of benzene rings is 1. The van der Waals surface area contributed by atoms with Crippen molar-refractivity contribution >= 4 is 39.0 Å². The van der Waals surface area contributed by atoms with Crippen LogP contribution in [0.4, 0.5) is 11.4 Å². The molecule has 1 heterocycles. The van der Waals surface area contributed by atoms with Crippen molar-refractivity contribution in [2.24, 2.45) is 5.92 Å². The summed E-state index contributed by atoms with van der Waals surface area (Å²) in [5.41, 5.74) is 2.11. The zero-order valence-corrected chi connectivity index (χ0v) is 13.9. The van der Waals surface area contributed by atoms with Gasteiger partial charge in [0.15, 0.2) is 0 Å². The molecule has 1 fully saturated rings. The number of carbonyl (C=O) groups excluding carboxylic acids is 2. The van der Waals surface area contributed by atoms with Gasteiger partial charge in [-0.15, -0.1) is 0 Å². The molecule has 0 spiro atoms. The minimum absolute atomic E-state index is 0.452. The van der Waals surface area contributed by atoms with Crippen molar-refractivity contribution in [3.05, 3.63) is 22.2 Å². The van der Waals surface area contributed by atoms with Gasteiger partial charge in [0.25, 0.3) is 11.7 Å². The van der Waals surface area contributed by atoms with Crippen LogP contribution < -0.4 is 10.2 Å². The Labute approximate surface area is 133 Å². The summed E-state index contributed by atoms with van der Waals surface area (Å²) >= 11 is 3.54. The van der Waals surface area contributed by atoms with E-state index in [4.69, 9.17) is 0 Å². The second-order valence-electron chi connectivity index (χ2n) is 6.16. The predicted molar refractivity (Wildman–Crippen MR) is 86.9 cm³/mol. The van der Waals surface area contributed by atoms with E-state index in [9.17, 15) is 9.59 Å². The van der Waals surface area contributed by atoms with Gasteiger partial charge in [-0.1, -0.05) is 6.92 Å². The van der Waals surface area contributed by atoms with E-state index in [0.29, 0.717) is 17.3 Å². The van der Waals surface area contributed by atoms with Gasteiger partial charge in [-0.25, -0.2) is 0 Å². The summed E-state index contributed by atoms with van der Waals surface area (Å²) < 4.78 is 0.868. The fourth-order valence-corrected chi connectivity index (χ4v) is 3.87. The molecule has 0 aromatic heterocycles. The number of fused-ring (bicyclic) bond motifs is 1. The van der Waals surface area contributed by atoms with Gasteiger partial charge in [-0.05, 0) is 59.7 Å². The number of anilines is 2. The van der Waals surface area contributed by atoms with Gasteiger partial charge in [0, 0.05) is 17.6 Å². The van der Waals surface area contributed by atoms with Crippen LogP contribution in [0.5, 0.6) is 0 Å². The van der Waals surface area contributed by atoms with E-state index >= 15 is 0 Å². The quantitative estimate of drug-likeness (QED) is 0.829. The number of carbonyl (C=O) groups is 2. The highest BCUT2D eigenvalue weighted by molar-refractivity contribution is 9.10. The standard InChI is InChI=1S/C16H19BrN2O2/c1-9-3-5-10(6-4-9)19(2)14-8-13-11(7-12(14)17)15(20)16(21)18-13/h7-10H,3-6H2,1-2H3,(H,18,20,21). The Morgan fingerprint density at radius 3 is 2.52 bits per heavy atom. The fourth-order valence-electron chi connectivity index (χ4n) is 3.25. The van der Waals surface area contributed by atoms with Gasteiger partial charge >= 0.3 is 0 Å². The summed E-state index contributed by atoms with van der Waals surface area (Å²) in [7, 11) is 2.09. The van der Waals surface area contributed by atoms with E-state index < -0.39 is 11.7 Å². The minimum atomic E-state index is -0.539. The fraction of sp³-hybridized carbons (Fsp3) is 0.500. The molecule has 0 bridgehead atoms. The first kappa shape index (κ1) is 14.6. The van der Waals surface area contributed by atoms with Crippen LogP contribution in [0.3, 0.4) is 0 Å². The molecule has 4 nitrogen and oxygen atoms in total. The molecular formula is C16H19BrN2O2. The Morgan fingerprint density at radius 2 is 1.86 bits per heavy atom. The topological polar surface area (TPSA) is 49.4 Å². The van der Waals surface area contributed by atoms with Gasteiger partial charge in [-0.3, -0.25) is 9.59 Å². The summed E-state index contributed by atoms with van der Waals surface area (Å²) in [6.07, 6.45) is 4.89. The first-order valence-electron chi connectivity index (χ1n) is 7.39. The molecule has 1 amide bonds. The number of rotatable bonds is 2. The Balaban J connectivity index is 1.88. The zero-order chi connectivity index (χ0) is 15.1. The highest BCUT2D eigenvalue weighted by Gasteiger charge is 2.30. The smallest absolute Gasteiger partial charge is 0.296 e. The number of amides is 1.